The third kappa shape index (κ3) is 3.00. The molecule has 2 aromatic rings. The van der Waals surface area contributed by atoms with Gasteiger partial charge in [0.05, 0.1) is 6.20 Å². The summed E-state index contributed by atoms with van der Waals surface area (Å²) in [6, 6.07) is 1.52. The minimum Gasteiger partial charge on any atom is -0.503 e. The van der Waals surface area contributed by atoms with Crippen LogP contribution < -0.4 is 15.1 Å². The Bertz CT molecular complexity index is 838. The van der Waals surface area contributed by atoms with Crippen LogP contribution in [0.5, 0.6) is 5.75 Å². The topological polar surface area (TPSA) is 81.6 Å². The number of halogens is 2. The smallest absolute Gasteiger partial charge is 0.249 e. The minimum atomic E-state index is -1.09. The summed E-state index contributed by atoms with van der Waals surface area (Å²) in [5, 5.41) is 11.9. The molecule has 0 spiro atoms. The SMILES string of the molecule is CCCN1c2nc(Nc3cc(F)c(O)c(F)c3)ncc2N(C)C(=O)[C@H]1C. The molecule has 2 N–H and O–H groups in total. The maximum Gasteiger partial charge on any atom is 0.249 e. The number of likely N-dealkylation sites (N-methyl/N-ethyl adjacent to an activating group) is 1. The van der Waals surface area contributed by atoms with Crippen LogP contribution in [0.25, 0.3) is 0 Å². The predicted octanol–water partition coefficient (Wildman–Crippen LogP) is 2.79. The van der Waals surface area contributed by atoms with Crippen LogP contribution in [0.4, 0.5) is 31.9 Å². The second kappa shape index (κ2) is 6.74. The molecule has 0 bridgehead atoms. The van der Waals surface area contributed by atoms with E-state index in [4.69, 9.17) is 0 Å². The number of anilines is 4. The van der Waals surface area contributed by atoms with Gasteiger partial charge in [-0.25, -0.2) is 13.8 Å². The lowest BCUT2D eigenvalue weighted by Gasteiger charge is -2.38. The number of phenols is 1. The molecule has 7 nitrogen and oxygen atoms in total. The van der Waals surface area contributed by atoms with Gasteiger partial charge in [-0.2, -0.15) is 4.98 Å². The van der Waals surface area contributed by atoms with E-state index < -0.39 is 17.4 Å². The van der Waals surface area contributed by atoms with E-state index in [0.29, 0.717) is 18.1 Å². The molecule has 1 aromatic carbocycles. The van der Waals surface area contributed by atoms with Gasteiger partial charge < -0.3 is 20.2 Å². The average Bonchev–Trinajstić information content (AvgIpc) is 2.61. The number of nitrogens with zero attached hydrogens (tertiary/aromatic N) is 4. The van der Waals surface area contributed by atoms with Gasteiger partial charge in [0.25, 0.3) is 0 Å². The Hall–Kier alpha value is -2.97. The van der Waals surface area contributed by atoms with Gasteiger partial charge in [0, 0.05) is 31.4 Å². The summed E-state index contributed by atoms with van der Waals surface area (Å²) in [6.07, 6.45) is 2.31. The van der Waals surface area contributed by atoms with Crippen molar-refractivity contribution in [1.82, 2.24) is 9.97 Å². The van der Waals surface area contributed by atoms with Crippen molar-refractivity contribution in [3.05, 3.63) is 30.0 Å². The summed E-state index contributed by atoms with van der Waals surface area (Å²) < 4.78 is 27.0. The van der Waals surface area contributed by atoms with Crippen molar-refractivity contribution in [1.29, 1.82) is 0 Å². The highest BCUT2D eigenvalue weighted by atomic mass is 19.1. The molecule has 26 heavy (non-hydrogen) atoms. The number of rotatable bonds is 4. The van der Waals surface area contributed by atoms with Crippen LogP contribution in [0.2, 0.25) is 0 Å². The largest absolute Gasteiger partial charge is 0.503 e. The normalized spacial score (nSPS) is 16.7. The fourth-order valence-electron chi connectivity index (χ4n) is 2.90. The van der Waals surface area contributed by atoms with Crippen molar-refractivity contribution < 1.29 is 18.7 Å². The molecule has 0 saturated heterocycles. The molecule has 0 radical (unpaired) electrons. The quantitative estimate of drug-likeness (QED) is 0.813. The van der Waals surface area contributed by atoms with Crippen molar-refractivity contribution in [2.75, 3.05) is 28.7 Å². The van der Waals surface area contributed by atoms with Crippen LogP contribution in [0.1, 0.15) is 20.3 Å². The fraction of sp³-hybridized carbons (Fsp3) is 0.353. The molecule has 1 amide bonds. The van der Waals surface area contributed by atoms with Crippen molar-refractivity contribution in [3.63, 3.8) is 0 Å². The Balaban J connectivity index is 1.98. The van der Waals surface area contributed by atoms with Gasteiger partial charge in [0.1, 0.15) is 11.7 Å². The Morgan fingerprint density at radius 3 is 2.58 bits per heavy atom. The van der Waals surface area contributed by atoms with Crippen LogP contribution in [-0.4, -0.2) is 40.6 Å². The molecular formula is C17H19F2N5O2. The minimum absolute atomic E-state index is 0.0575. The first-order valence-corrected chi connectivity index (χ1v) is 8.19. The summed E-state index contributed by atoms with van der Waals surface area (Å²) in [7, 11) is 1.65. The third-order valence-electron chi connectivity index (χ3n) is 4.28. The van der Waals surface area contributed by atoms with Gasteiger partial charge in [-0.1, -0.05) is 6.92 Å². The number of nitrogens with one attached hydrogen (secondary N) is 1. The van der Waals surface area contributed by atoms with Gasteiger partial charge in [-0.05, 0) is 13.3 Å². The number of carbonyl (C=O) groups is 1. The molecule has 9 heteroatoms. The predicted molar refractivity (Wildman–Crippen MR) is 93.8 cm³/mol. The number of benzene rings is 1. The molecule has 1 aromatic heterocycles. The van der Waals surface area contributed by atoms with Gasteiger partial charge in [-0.3, -0.25) is 4.79 Å². The Labute approximate surface area is 149 Å². The molecule has 1 aliphatic rings. The highest BCUT2D eigenvalue weighted by Crippen LogP contribution is 2.34. The Morgan fingerprint density at radius 1 is 1.31 bits per heavy atom. The van der Waals surface area contributed by atoms with Crippen LogP contribution in [0.3, 0.4) is 0 Å². The standard InChI is InChI=1S/C17H19F2N5O2/c1-4-5-24-9(2)16(26)23(3)13-8-20-17(22-15(13)24)21-10-6-11(18)14(25)12(19)7-10/h6-9,25H,4-5H2,1-3H3,(H,20,21,22)/t9-/m1/s1. The number of carbonyl (C=O) groups excluding carboxylic acids is 1. The maximum atomic E-state index is 13.5. The number of amides is 1. The van der Waals surface area contributed by atoms with Gasteiger partial charge in [-0.15, -0.1) is 0 Å². The monoisotopic (exact) mass is 363 g/mol. The number of fused-ring (bicyclic) bond motifs is 1. The third-order valence-corrected chi connectivity index (χ3v) is 4.28. The summed E-state index contributed by atoms with van der Waals surface area (Å²) in [4.78, 5) is 24.3. The molecule has 3 rings (SSSR count). The first-order valence-electron chi connectivity index (χ1n) is 8.19. The van der Waals surface area contributed by atoms with Crippen molar-refractivity contribution in [3.8, 4) is 5.75 Å². The molecule has 0 aliphatic carbocycles. The van der Waals surface area contributed by atoms with E-state index in [1.807, 2.05) is 11.8 Å². The average molecular weight is 363 g/mol. The van der Waals surface area contributed by atoms with E-state index in [2.05, 4.69) is 15.3 Å². The Kier molecular flexibility index (Phi) is 4.62. The molecule has 138 valence electrons. The highest BCUT2D eigenvalue weighted by molar-refractivity contribution is 6.04. The van der Waals surface area contributed by atoms with Gasteiger partial charge >= 0.3 is 0 Å². The van der Waals surface area contributed by atoms with E-state index >= 15 is 0 Å². The molecular weight excluding hydrogens is 344 g/mol. The fourth-order valence-corrected chi connectivity index (χ4v) is 2.90. The van der Waals surface area contributed by atoms with Crippen LogP contribution in [0, 0.1) is 11.6 Å². The molecule has 0 saturated carbocycles. The molecule has 0 unspecified atom stereocenters. The number of hydrogen-bond acceptors (Lipinski definition) is 6. The Morgan fingerprint density at radius 2 is 1.96 bits per heavy atom. The zero-order valence-electron chi connectivity index (χ0n) is 14.6. The van der Waals surface area contributed by atoms with Crippen LogP contribution >= 0.6 is 0 Å². The maximum absolute atomic E-state index is 13.5. The first kappa shape index (κ1) is 17.8. The zero-order chi connectivity index (χ0) is 19.0. The van der Waals surface area contributed by atoms with Crippen molar-refractivity contribution in [2.45, 2.75) is 26.3 Å². The van der Waals surface area contributed by atoms with Crippen molar-refractivity contribution >= 4 is 29.0 Å². The summed E-state index contributed by atoms with van der Waals surface area (Å²) in [6.45, 7) is 4.43. The summed E-state index contributed by atoms with van der Waals surface area (Å²) in [5.74, 6) is -2.57. The zero-order valence-corrected chi connectivity index (χ0v) is 14.6. The van der Waals surface area contributed by atoms with Crippen LogP contribution in [-0.2, 0) is 4.79 Å². The van der Waals surface area contributed by atoms with E-state index in [0.717, 1.165) is 18.6 Å². The second-order valence-electron chi connectivity index (χ2n) is 6.08. The summed E-state index contributed by atoms with van der Waals surface area (Å²) in [5.41, 5.74) is 0.628. The number of aromatic hydroxyl groups is 1. The lowest BCUT2D eigenvalue weighted by molar-refractivity contribution is -0.119. The van der Waals surface area contributed by atoms with Crippen molar-refractivity contribution in [2.24, 2.45) is 0 Å². The molecule has 2 heterocycles. The lowest BCUT2D eigenvalue weighted by Crippen LogP contribution is -2.51. The number of aromatic nitrogens is 2. The van der Waals surface area contributed by atoms with Gasteiger partial charge in [0.15, 0.2) is 23.2 Å². The van der Waals surface area contributed by atoms with E-state index in [1.165, 1.54) is 11.1 Å². The van der Waals surface area contributed by atoms with E-state index in [1.54, 1.807) is 14.0 Å². The van der Waals surface area contributed by atoms with E-state index in [9.17, 15) is 18.7 Å². The molecule has 1 aliphatic heterocycles. The van der Waals surface area contributed by atoms with E-state index in [-0.39, 0.29) is 23.6 Å². The second-order valence-corrected chi connectivity index (χ2v) is 6.08. The van der Waals surface area contributed by atoms with Crippen LogP contribution in [0.15, 0.2) is 18.3 Å². The molecule has 0 fully saturated rings. The number of phenolic OH excluding ortho intramolecular Hbond substituents is 1. The summed E-state index contributed by atoms with van der Waals surface area (Å²) >= 11 is 0. The highest BCUT2D eigenvalue weighted by Gasteiger charge is 2.34. The molecule has 1 atom stereocenters. The first-order chi connectivity index (χ1) is 12.3. The van der Waals surface area contributed by atoms with Gasteiger partial charge in [0.2, 0.25) is 11.9 Å². The number of hydrogen-bond donors (Lipinski definition) is 2. The lowest BCUT2D eigenvalue weighted by atomic mass is 10.1.